The third kappa shape index (κ3) is 3.83. The second kappa shape index (κ2) is 7.61. The van der Waals surface area contributed by atoms with Gasteiger partial charge in [0.2, 0.25) is 0 Å². The number of anilines is 1. The van der Waals surface area contributed by atoms with Gasteiger partial charge in [0, 0.05) is 29.7 Å². The van der Waals surface area contributed by atoms with Gasteiger partial charge < -0.3 is 15.6 Å². The van der Waals surface area contributed by atoms with Gasteiger partial charge in [-0.05, 0) is 44.4 Å². The molecule has 3 aromatic rings. The quantitative estimate of drug-likeness (QED) is 0.576. The van der Waals surface area contributed by atoms with Crippen LogP contribution in [-0.4, -0.2) is 48.4 Å². The molecule has 0 bridgehead atoms. The molecule has 8 nitrogen and oxygen atoms in total. The van der Waals surface area contributed by atoms with Gasteiger partial charge in [-0.1, -0.05) is 0 Å². The van der Waals surface area contributed by atoms with Crippen LogP contribution in [0.3, 0.4) is 0 Å². The summed E-state index contributed by atoms with van der Waals surface area (Å²) in [6.07, 6.45) is 2.11. The van der Waals surface area contributed by atoms with Gasteiger partial charge in [0.15, 0.2) is 9.84 Å². The summed E-state index contributed by atoms with van der Waals surface area (Å²) in [4.78, 5) is 20.7. The van der Waals surface area contributed by atoms with Crippen LogP contribution in [0, 0.1) is 17.2 Å². The highest BCUT2D eigenvalue weighted by Crippen LogP contribution is 2.32. The van der Waals surface area contributed by atoms with Gasteiger partial charge in [-0.15, -0.1) is 0 Å². The van der Waals surface area contributed by atoms with E-state index in [1.54, 1.807) is 18.3 Å². The van der Waals surface area contributed by atoms with Crippen molar-refractivity contribution in [2.24, 2.45) is 5.92 Å². The van der Waals surface area contributed by atoms with Crippen molar-refractivity contribution in [3.63, 3.8) is 0 Å². The lowest BCUT2D eigenvalue weighted by atomic mass is 10.1. The highest BCUT2D eigenvalue weighted by molar-refractivity contribution is 7.91. The van der Waals surface area contributed by atoms with Crippen LogP contribution in [-0.2, 0) is 9.84 Å². The number of nitriles is 1. The fourth-order valence-corrected chi connectivity index (χ4v) is 5.73. The molecule has 0 spiro atoms. The van der Waals surface area contributed by atoms with Crippen molar-refractivity contribution < 1.29 is 13.2 Å². The van der Waals surface area contributed by atoms with Crippen LogP contribution in [0.15, 0.2) is 24.4 Å². The van der Waals surface area contributed by atoms with E-state index >= 15 is 0 Å². The number of carbonyl (C=O) groups excluding carboxylic acids is 1. The topological polar surface area (TPSA) is 128 Å². The molecule has 0 radical (unpaired) electrons. The van der Waals surface area contributed by atoms with Crippen LogP contribution in [0.25, 0.3) is 21.9 Å². The van der Waals surface area contributed by atoms with Crippen LogP contribution < -0.4 is 10.6 Å². The molecule has 0 aliphatic carbocycles. The number of benzene rings is 1. The lowest BCUT2D eigenvalue weighted by Gasteiger charge is -2.16. The molecule has 1 saturated heterocycles. The van der Waals surface area contributed by atoms with Crippen LogP contribution in [0.4, 0.5) is 5.69 Å². The first-order valence-electron chi connectivity index (χ1n) is 9.87. The van der Waals surface area contributed by atoms with E-state index in [9.17, 15) is 13.2 Å². The standard InChI is InChI=1S/C21H23N5O3S/c1-12(2)25-19-16(21(27)24-9-14-5-6-30(28,29)11-14)10-23-18-15-4-3-13(8-22)7-17(15)26-20(18)19/h3-4,7,10,12,14,26H,5-6,9,11H2,1-2H3,(H,23,25)(H,24,27). The van der Waals surface area contributed by atoms with Crippen molar-refractivity contribution in [2.45, 2.75) is 26.3 Å². The molecule has 1 fully saturated rings. The summed E-state index contributed by atoms with van der Waals surface area (Å²) in [5.74, 6) is -0.0610. The fourth-order valence-electron chi connectivity index (χ4n) is 3.87. The van der Waals surface area contributed by atoms with Crippen molar-refractivity contribution in [3.05, 3.63) is 35.5 Å². The summed E-state index contributed by atoms with van der Waals surface area (Å²) in [6, 6.07) is 7.54. The highest BCUT2D eigenvalue weighted by atomic mass is 32.2. The first-order chi connectivity index (χ1) is 14.3. The Balaban J connectivity index is 1.70. The third-order valence-electron chi connectivity index (χ3n) is 5.30. The van der Waals surface area contributed by atoms with Gasteiger partial charge in [-0.2, -0.15) is 5.26 Å². The minimum absolute atomic E-state index is 0.0605. The number of H-pyrrole nitrogens is 1. The number of pyridine rings is 1. The molecule has 4 rings (SSSR count). The number of rotatable bonds is 5. The van der Waals surface area contributed by atoms with Crippen LogP contribution in [0.1, 0.15) is 36.2 Å². The largest absolute Gasteiger partial charge is 0.380 e. The second-order valence-electron chi connectivity index (χ2n) is 8.05. The number of sulfone groups is 1. The van der Waals surface area contributed by atoms with E-state index in [0.29, 0.717) is 35.3 Å². The highest BCUT2D eigenvalue weighted by Gasteiger charge is 2.28. The molecule has 1 aliphatic heterocycles. The molecule has 3 heterocycles. The number of amides is 1. The zero-order chi connectivity index (χ0) is 21.5. The Kier molecular flexibility index (Phi) is 5.12. The Bertz CT molecular complexity index is 1290. The predicted molar refractivity (Wildman–Crippen MR) is 116 cm³/mol. The Morgan fingerprint density at radius 3 is 2.87 bits per heavy atom. The zero-order valence-electron chi connectivity index (χ0n) is 16.8. The number of hydrogen-bond donors (Lipinski definition) is 3. The van der Waals surface area contributed by atoms with Crippen molar-refractivity contribution >= 4 is 43.4 Å². The van der Waals surface area contributed by atoms with Crippen LogP contribution in [0.2, 0.25) is 0 Å². The predicted octanol–water partition coefficient (Wildman–Crippen LogP) is 2.57. The van der Waals surface area contributed by atoms with E-state index in [4.69, 9.17) is 5.26 Å². The van der Waals surface area contributed by atoms with Gasteiger partial charge in [-0.25, -0.2) is 8.42 Å². The molecule has 1 atom stereocenters. The average molecular weight is 426 g/mol. The summed E-state index contributed by atoms with van der Waals surface area (Å²) >= 11 is 0. The summed E-state index contributed by atoms with van der Waals surface area (Å²) < 4.78 is 23.3. The van der Waals surface area contributed by atoms with E-state index in [-0.39, 0.29) is 29.4 Å². The molecule has 1 aliphatic rings. The van der Waals surface area contributed by atoms with Crippen molar-refractivity contribution in [3.8, 4) is 6.07 Å². The minimum atomic E-state index is -2.99. The maximum atomic E-state index is 12.9. The van der Waals surface area contributed by atoms with E-state index in [0.717, 1.165) is 16.4 Å². The number of fused-ring (bicyclic) bond motifs is 3. The Morgan fingerprint density at radius 1 is 1.40 bits per heavy atom. The van der Waals surface area contributed by atoms with Gasteiger partial charge >= 0.3 is 0 Å². The number of hydrogen-bond acceptors (Lipinski definition) is 6. The summed E-state index contributed by atoms with van der Waals surface area (Å²) in [7, 11) is -2.99. The number of carbonyl (C=O) groups is 1. The molecule has 1 amide bonds. The van der Waals surface area contributed by atoms with Crippen LogP contribution >= 0.6 is 0 Å². The van der Waals surface area contributed by atoms with Crippen LogP contribution in [0.5, 0.6) is 0 Å². The first kappa shape index (κ1) is 20.2. The van der Waals surface area contributed by atoms with Crippen molar-refractivity contribution in [1.29, 1.82) is 5.26 Å². The summed E-state index contributed by atoms with van der Waals surface area (Å²) in [5, 5.41) is 16.2. The number of aromatic amines is 1. The monoisotopic (exact) mass is 425 g/mol. The molecule has 0 saturated carbocycles. The zero-order valence-corrected chi connectivity index (χ0v) is 17.6. The molecule has 2 aromatic heterocycles. The molecular formula is C21H23N5O3S. The lowest BCUT2D eigenvalue weighted by Crippen LogP contribution is -2.31. The molecule has 1 unspecified atom stereocenters. The van der Waals surface area contributed by atoms with Gasteiger partial charge in [0.1, 0.15) is 0 Å². The average Bonchev–Trinajstić information content (AvgIpc) is 3.25. The second-order valence-corrected chi connectivity index (χ2v) is 10.3. The summed E-state index contributed by atoms with van der Waals surface area (Å²) in [6.45, 7) is 4.27. The number of aromatic nitrogens is 2. The first-order valence-corrected chi connectivity index (χ1v) is 11.7. The summed E-state index contributed by atoms with van der Waals surface area (Å²) in [5.41, 5.74) is 3.76. The maximum Gasteiger partial charge on any atom is 0.255 e. The maximum absolute atomic E-state index is 12.9. The smallest absolute Gasteiger partial charge is 0.255 e. The fraction of sp³-hybridized carbons (Fsp3) is 0.381. The van der Waals surface area contributed by atoms with E-state index in [1.165, 1.54) is 0 Å². The Morgan fingerprint density at radius 2 is 2.20 bits per heavy atom. The molecule has 1 aromatic carbocycles. The molecule has 3 N–H and O–H groups in total. The SMILES string of the molecule is CC(C)Nc1c(C(=O)NCC2CCS(=O)(=O)C2)cnc2c1[nH]c1cc(C#N)ccc12. The molecule has 30 heavy (non-hydrogen) atoms. The molecule has 156 valence electrons. The number of nitrogens with one attached hydrogen (secondary N) is 3. The minimum Gasteiger partial charge on any atom is -0.380 e. The van der Waals surface area contributed by atoms with E-state index in [2.05, 4.69) is 26.7 Å². The third-order valence-corrected chi connectivity index (χ3v) is 7.14. The van der Waals surface area contributed by atoms with Crippen molar-refractivity contribution in [2.75, 3.05) is 23.4 Å². The van der Waals surface area contributed by atoms with E-state index in [1.807, 2.05) is 19.9 Å². The molecule has 9 heteroatoms. The number of nitrogens with zero attached hydrogens (tertiary/aromatic N) is 2. The Hall–Kier alpha value is -3.12. The van der Waals surface area contributed by atoms with Gasteiger partial charge in [-0.3, -0.25) is 9.78 Å². The normalized spacial score (nSPS) is 18.0. The Labute approximate surface area is 174 Å². The van der Waals surface area contributed by atoms with Gasteiger partial charge in [0.05, 0.1) is 45.4 Å². The lowest BCUT2D eigenvalue weighted by molar-refractivity contribution is 0.0949. The van der Waals surface area contributed by atoms with Crippen molar-refractivity contribution in [1.82, 2.24) is 15.3 Å². The van der Waals surface area contributed by atoms with E-state index < -0.39 is 9.84 Å². The molecular weight excluding hydrogens is 402 g/mol. The van der Waals surface area contributed by atoms with Gasteiger partial charge in [0.25, 0.3) is 5.91 Å².